The Morgan fingerprint density at radius 2 is 2.12 bits per heavy atom. The third-order valence-corrected chi connectivity index (χ3v) is 3.80. The first-order valence-electron chi connectivity index (χ1n) is 6.88. The summed E-state index contributed by atoms with van der Waals surface area (Å²) in [6.45, 7) is 1.60. The van der Waals surface area contributed by atoms with E-state index in [1.54, 1.807) is 25.1 Å². The van der Waals surface area contributed by atoms with Crippen LogP contribution in [0.15, 0.2) is 24.4 Å². The van der Waals surface area contributed by atoms with Crippen molar-refractivity contribution in [1.29, 1.82) is 0 Å². The average molecular weight is 349 g/mol. The van der Waals surface area contributed by atoms with E-state index >= 15 is 0 Å². The number of nitrogens with zero attached hydrogens (tertiary/aromatic N) is 5. The van der Waals surface area contributed by atoms with E-state index in [0.717, 1.165) is 6.26 Å². The number of anilines is 2. The molecular formula is C13H15N7O3S. The molecule has 0 fully saturated rings. The van der Waals surface area contributed by atoms with Crippen molar-refractivity contribution >= 4 is 38.5 Å². The number of nitrogens with two attached hydrogens (primary N) is 1. The number of sulfonamides is 1. The Morgan fingerprint density at radius 3 is 2.83 bits per heavy atom. The smallest absolute Gasteiger partial charge is 0.254 e. The molecule has 0 spiro atoms. The third kappa shape index (κ3) is 3.20. The summed E-state index contributed by atoms with van der Waals surface area (Å²) in [7, 11) is -3.45. The van der Waals surface area contributed by atoms with Crippen molar-refractivity contribution in [3.05, 3.63) is 30.2 Å². The highest BCUT2D eigenvalue weighted by Crippen LogP contribution is 2.19. The van der Waals surface area contributed by atoms with Gasteiger partial charge in [0.1, 0.15) is 12.4 Å². The van der Waals surface area contributed by atoms with E-state index in [2.05, 4.69) is 20.0 Å². The van der Waals surface area contributed by atoms with Crippen molar-refractivity contribution in [3.63, 3.8) is 0 Å². The number of aryl methyl sites for hydroxylation is 1. The number of fused-ring (bicyclic) bond motifs is 1. The van der Waals surface area contributed by atoms with Gasteiger partial charge in [0.25, 0.3) is 5.91 Å². The molecule has 0 atom stereocenters. The first kappa shape index (κ1) is 15.9. The van der Waals surface area contributed by atoms with Crippen molar-refractivity contribution in [1.82, 2.24) is 24.5 Å². The van der Waals surface area contributed by atoms with Crippen LogP contribution in [0, 0.1) is 6.92 Å². The monoisotopic (exact) mass is 349 g/mol. The molecule has 0 saturated carbocycles. The van der Waals surface area contributed by atoms with Gasteiger partial charge in [0.15, 0.2) is 5.82 Å². The number of hydrogen-bond acceptors (Lipinski definition) is 7. The fourth-order valence-electron chi connectivity index (χ4n) is 2.35. The lowest BCUT2D eigenvalue weighted by Gasteiger charge is -2.05. The molecule has 0 amide bonds. The van der Waals surface area contributed by atoms with Crippen molar-refractivity contribution in [2.45, 2.75) is 13.5 Å². The van der Waals surface area contributed by atoms with Crippen molar-refractivity contribution in [3.8, 4) is 0 Å². The molecular weight excluding hydrogens is 334 g/mol. The highest BCUT2D eigenvalue weighted by Gasteiger charge is 2.16. The van der Waals surface area contributed by atoms with E-state index in [0.29, 0.717) is 22.5 Å². The molecule has 3 rings (SSSR count). The van der Waals surface area contributed by atoms with Crippen LogP contribution >= 0.6 is 0 Å². The van der Waals surface area contributed by atoms with Gasteiger partial charge in [0, 0.05) is 5.69 Å². The summed E-state index contributed by atoms with van der Waals surface area (Å²) in [5, 5.41) is 7.40. The van der Waals surface area contributed by atoms with Gasteiger partial charge < -0.3 is 5.73 Å². The quantitative estimate of drug-likeness (QED) is 0.643. The number of carbonyl (C=O) groups excluding carboxylic acids is 1. The number of carbonyl (C=O) groups is 1. The molecule has 0 aliphatic rings. The highest BCUT2D eigenvalue weighted by atomic mass is 32.2. The van der Waals surface area contributed by atoms with E-state index in [9.17, 15) is 13.2 Å². The van der Waals surface area contributed by atoms with Crippen LogP contribution in [0.3, 0.4) is 0 Å². The Morgan fingerprint density at radius 1 is 1.38 bits per heavy atom. The predicted octanol–water partition coefficient (Wildman–Crippen LogP) is 0.230. The van der Waals surface area contributed by atoms with Crippen LogP contribution in [0.25, 0.3) is 11.0 Å². The van der Waals surface area contributed by atoms with Gasteiger partial charge in [-0.25, -0.2) is 18.1 Å². The second-order valence-electron chi connectivity index (χ2n) is 5.31. The zero-order valence-corrected chi connectivity index (χ0v) is 13.8. The van der Waals surface area contributed by atoms with Gasteiger partial charge in [0.2, 0.25) is 10.0 Å². The minimum absolute atomic E-state index is 0.0466. The number of imidazole rings is 1. The van der Waals surface area contributed by atoms with Crippen molar-refractivity contribution < 1.29 is 13.2 Å². The summed E-state index contributed by atoms with van der Waals surface area (Å²) in [5.41, 5.74) is 7.55. The summed E-state index contributed by atoms with van der Waals surface area (Å²) < 4.78 is 27.2. The Kier molecular flexibility index (Phi) is 3.72. The summed E-state index contributed by atoms with van der Waals surface area (Å²) in [6.07, 6.45) is 2.34. The Labute approximate surface area is 137 Å². The average Bonchev–Trinajstić information content (AvgIpc) is 2.99. The zero-order chi connectivity index (χ0) is 17.5. The van der Waals surface area contributed by atoms with Gasteiger partial charge in [-0.3, -0.25) is 14.1 Å². The van der Waals surface area contributed by atoms with Crippen LogP contribution in [-0.4, -0.2) is 45.1 Å². The van der Waals surface area contributed by atoms with Crippen molar-refractivity contribution in [2.24, 2.45) is 0 Å². The SMILES string of the molecule is Cc1nc2cc(N)ccc2n1C(=O)Cn1cc(NS(C)(=O)=O)nn1. The molecule has 0 radical (unpaired) electrons. The zero-order valence-electron chi connectivity index (χ0n) is 13.0. The Bertz CT molecular complexity index is 1040. The van der Waals surface area contributed by atoms with E-state index in [1.165, 1.54) is 15.4 Å². The lowest BCUT2D eigenvalue weighted by molar-refractivity contribution is 0.0888. The number of benzene rings is 1. The van der Waals surface area contributed by atoms with Crippen LogP contribution in [-0.2, 0) is 16.6 Å². The molecule has 3 aromatic rings. The lowest BCUT2D eigenvalue weighted by atomic mass is 10.3. The first-order valence-corrected chi connectivity index (χ1v) is 8.78. The number of nitrogens with one attached hydrogen (secondary N) is 1. The van der Waals surface area contributed by atoms with Crippen LogP contribution in [0.5, 0.6) is 0 Å². The molecule has 2 aromatic heterocycles. The van der Waals surface area contributed by atoms with Gasteiger partial charge in [-0.05, 0) is 25.1 Å². The topological polar surface area (TPSA) is 138 Å². The van der Waals surface area contributed by atoms with E-state index in [-0.39, 0.29) is 18.3 Å². The van der Waals surface area contributed by atoms with E-state index < -0.39 is 10.0 Å². The number of rotatable bonds is 4. The minimum Gasteiger partial charge on any atom is -0.399 e. The molecule has 126 valence electrons. The molecule has 10 nitrogen and oxygen atoms in total. The maximum Gasteiger partial charge on any atom is 0.254 e. The maximum atomic E-state index is 12.6. The van der Waals surface area contributed by atoms with Crippen LogP contribution in [0.2, 0.25) is 0 Å². The predicted molar refractivity (Wildman–Crippen MR) is 88.0 cm³/mol. The number of nitrogen functional groups attached to an aromatic ring is 1. The molecule has 0 aliphatic heterocycles. The van der Waals surface area contributed by atoms with Crippen LogP contribution in [0.4, 0.5) is 11.5 Å². The number of hydrogen-bond donors (Lipinski definition) is 2. The summed E-state index contributed by atoms with van der Waals surface area (Å²) in [6, 6.07) is 5.10. The molecule has 24 heavy (non-hydrogen) atoms. The summed E-state index contributed by atoms with van der Waals surface area (Å²) in [5.74, 6) is 0.288. The molecule has 0 unspecified atom stereocenters. The Balaban J connectivity index is 1.87. The largest absolute Gasteiger partial charge is 0.399 e. The normalized spacial score (nSPS) is 11.8. The van der Waals surface area contributed by atoms with E-state index in [4.69, 9.17) is 5.73 Å². The molecule has 1 aromatic carbocycles. The van der Waals surface area contributed by atoms with Crippen LogP contribution in [0.1, 0.15) is 10.6 Å². The fraction of sp³-hybridized carbons (Fsp3) is 0.231. The first-order chi connectivity index (χ1) is 11.2. The van der Waals surface area contributed by atoms with Crippen molar-refractivity contribution in [2.75, 3.05) is 16.7 Å². The van der Waals surface area contributed by atoms with Crippen LogP contribution < -0.4 is 10.5 Å². The Hall–Kier alpha value is -2.95. The molecule has 3 N–H and O–H groups in total. The van der Waals surface area contributed by atoms with Gasteiger partial charge in [0.05, 0.1) is 23.5 Å². The molecule has 11 heteroatoms. The summed E-state index contributed by atoms with van der Waals surface area (Å²) in [4.78, 5) is 16.9. The van der Waals surface area contributed by atoms with E-state index in [1.807, 2.05) is 0 Å². The molecule has 0 aliphatic carbocycles. The van der Waals surface area contributed by atoms with Gasteiger partial charge in [-0.15, -0.1) is 5.10 Å². The third-order valence-electron chi connectivity index (χ3n) is 3.22. The highest BCUT2D eigenvalue weighted by molar-refractivity contribution is 7.92. The maximum absolute atomic E-state index is 12.6. The lowest BCUT2D eigenvalue weighted by Crippen LogP contribution is -2.19. The van der Waals surface area contributed by atoms with Gasteiger partial charge in [-0.2, -0.15) is 0 Å². The minimum atomic E-state index is -3.45. The number of aromatic nitrogens is 5. The summed E-state index contributed by atoms with van der Waals surface area (Å²) >= 11 is 0. The fourth-order valence-corrected chi connectivity index (χ4v) is 2.83. The second-order valence-corrected chi connectivity index (χ2v) is 7.06. The van der Waals surface area contributed by atoms with Gasteiger partial charge >= 0.3 is 0 Å². The molecule has 0 bridgehead atoms. The molecule has 0 saturated heterocycles. The second kappa shape index (κ2) is 5.60. The van der Waals surface area contributed by atoms with Gasteiger partial charge in [-0.1, -0.05) is 5.21 Å². The standard InChI is InChI=1S/C13H15N7O3S/c1-8-15-10-5-9(14)3-4-11(10)20(8)13(21)7-19-6-12(16-18-19)17-24(2,22)23/h3-6,17H,7,14H2,1-2H3. The molecule has 2 heterocycles.